The molecule has 11 heteroatoms. The number of rotatable bonds is 6. The molecule has 0 atom stereocenters. The largest absolute Gasteiger partial charge is 0.486 e. The van der Waals surface area contributed by atoms with Gasteiger partial charge in [-0.2, -0.15) is 0 Å². The van der Waals surface area contributed by atoms with Gasteiger partial charge in [-0.05, 0) is 46.8 Å². The smallest absolute Gasteiger partial charge is 0.255 e. The van der Waals surface area contributed by atoms with Crippen LogP contribution in [0.25, 0.3) is 0 Å². The van der Waals surface area contributed by atoms with E-state index in [1.165, 1.54) is 16.4 Å². The van der Waals surface area contributed by atoms with Crippen molar-refractivity contribution in [1.29, 1.82) is 0 Å². The van der Waals surface area contributed by atoms with Crippen molar-refractivity contribution in [3.05, 3.63) is 48.0 Å². The zero-order valence-electron chi connectivity index (χ0n) is 16.0. The Kier molecular flexibility index (Phi) is 5.80. The molecule has 0 saturated carbocycles. The minimum absolute atomic E-state index is 0.167. The second-order valence-electron chi connectivity index (χ2n) is 6.31. The number of aromatic nitrogens is 4. The molecule has 4 rings (SSSR count). The number of aryl methyl sites for hydroxylation is 1. The number of nitrogens with one attached hydrogen (secondary N) is 2. The number of tetrazole rings is 1. The number of anilines is 2. The fourth-order valence-corrected chi connectivity index (χ4v) is 3.35. The average molecular weight is 426 g/mol. The highest BCUT2D eigenvalue weighted by Gasteiger charge is 2.14. The molecule has 1 aromatic heterocycles. The molecular weight excluding hydrogens is 408 g/mol. The van der Waals surface area contributed by atoms with Crippen LogP contribution in [-0.2, 0) is 11.8 Å². The molecule has 154 valence electrons. The van der Waals surface area contributed by atoms with Gasteiger partial charge >= 0.3 is 0 Å². The first-order chi connectivity index (χ1) is 14.6. The first-order valence-electron chi connectivity index (χ1n) is 9.04. The van der Waals surface area contributed by atoms with Crippen LogP contribution in [0.2, 0.25) is 0 Å². The number of carbonyl (C=O) groups excluding carboxylic acids is 2. The van der Waals surface area contributed by atoms with Crippen LogP contribution in [0.1, 0.15) is 10.4 Å². The van der Waals surface area contributed by atoms with Crippen LogP contribution in [-0.4, -0.2) is 51.0 Å². The number of nitrogens with zero attached hydrogens (tertiary/aromatic N) is 4. The average Bonchev–Trinajstić information content (AvgIpc) is 3.17. The molecule has 0 fully saturated rings. The third-order valence-corrected chi connectivity index (χ3v) is 5.16. The zero-order chi connectivity index (χ0) is 20.9. The quantitative estimate of drug-likeness (QED) is 0.574. The molecule has 2 amide bonds. The van der Waals surface area contributed by atoms with Crippen molar-refractivity contribution in [1.82, 2.24) is 20.2 Å². The molecule has 0 unspecified atom stereocenters. The Labute approximate surface area is 175 Å². The van der Waals surface area contributed by atoms with Crippen molar-refractivity contribution < 1.29 is 19.1 Å². The lowest BCUT2D eigenvalue weighted by molar-refractivity contribution is -0.113. The molecule has 1 aliphatic rings. The SMILES string of the molecule is Cn1nnnc1SCC(=O)Nc1ccc(C(=O)Nc2ccc3c(c2)OCCO3)cc1. The molecule has 2 N–H and O–H groups in total. The Morgan fingerprint density at radius 1 is 1.03 bits per heavy atom. The Balaban J connectivity index is 1.32. The van der Waals surface area contributed by atoms with E-state index in [1.54, 1.807) is 49.5 Å². The summed E-state index contributed by atoms with van der Waals surface area (Å²) in [5.74, 6) is 0.965. The molecule has 0 saturated heterocycles. The second-order valence-corrected chi connectivity index (χ2v) is 7.25. The van der Waals surface area contributed by atoms with E-state index in [4.69, 9.17) is 9.47 Å². The predicted molar refractivity (Wildman–Crippen MR) is 110 cm³/mol. The van der Waals surface area contributed by atoms with Gasteiger partial charge in [-0.1, -0.05) is 11.8 Å². The van der Waals surface area contributed by atoms with E-state index in [0.29, 0.717) is 46.8 Å². The molecule has 0 spiro atoms. The van der Waals surface area contributed by atoms with Crippen molar-refractivity contribution in [2.45, 2.75) is 5.16 Å². The fourth-order valence-electron chi connectivity index (χ4n) is 2.70. The highest BCUT2D eigenvalue weighted by atomic mass is 32.2. The highest BCUT2D eigenvalue weighted by Crippen LogP contribution is 2.32. The van der Waals surface area contributed by atoms with Crippen LogP contribution < -0.4 is 20.1 Å². The number of benzene rings is 2. The minimum atomic E-state index is -0.269. The van der Waals surface area contributed by atoms with Crippen LogP contribution in [0.5, 0.6) is 11.5 Å². The lowest BCUT2D eigenvalue weighted by atomic mass is 10.2. The number of thioether (sulfide) groups is 1. The van der Waals surface area contributed by atoms with Crippen molar-refractivity contribution in [3.8, 4) is 11.5 Å². The van der Waals surface area contributed by atoms with Crippen molar-refractivity contribution >= 4 is 35.0 Å². The van der Waals surface area contributed by atoms with Crippen LogP contribution in [0.3, 0.4) is 0 Å². The number of fused-ring (bicyclic) bond motifs is 1. The summed E-state index contributed by atoms with van der Waals surface area (Å²) in [4.78, 5) is 24.6. The van der Waals surface area contributed by atoms with E-state index in [-0.39, 0.29) is 17.6 Å². The first kappa shape index (κ1) is 19.7. The fraction of sp³-hybridized carbons (Fsp3) is 0.211. The molecule has 2 aromatic carbocycles. The van der Waals surface area contributed by atoms with E-state index in [2.05, 4.69) is 26.2 Å². The Morgan fingerprint density at radius 3 is 2.50 bits per heavy atom. The molecular formula is C19H18N6O4S. The molecule has 0 bridgehead atoms. The molecule has 1 aliphatic heterocycles. The van der Waals surface area contributed by atoms with Crippen molar-refractivity contribution in [2.75, 3.05) is 29.6 Å². The number of ether oxygens (including phenoxy) is 2. The van der Waals surface area contributed by atoms with Gasteiger partial charge in [0, 0.05) is 30.1 Å². The maximum absolute atomic E-state index is 12.5. The van der Waals surface area contributed by atoms with Crippen molar-refractivity contribution in [3.63, 3.8) is 0 Å². The van der Waals surface area contributed by atoms with E-state index in [9.17, 15) is 9.59 Å². The van der Waals surface area contributed by atoms with Gasteiger partial charge in [0.2, 0.25) is 11.1 Å². The Bertz CT molecular complexity index is 1070. The molecule has 10 nitrogen and oxygen atoms in total. The van der Waals surface area contributed by atoms with E-state index in [1.807, 2.05) is 0 Å². The molecule has 0 aliphatic carbocycles. The van der Waals surface area contributed by atoms with Gasteiger partial charge in [0.05, 0.1) is 5.75 Å². The molecule has 2 heterocycles. The lowest BCUT2D eigenvalue weighted by Gasteiger charge is -2.19. The number of hydrogen-bond acceptors (Lipinski definition) is 8. The van der Waals surface area contributed by atoms with E-state index < -0.39 is 0 Å². The predicted octanol–water partition coefficient (Wildman–Crippen LogP) is 1.96. The lowest BCUT2D eigenvalue weighted by Crippen LogP contribution is -2.17. The molecule has 3 aromatic rings. The monoisotopic (exact) mass is 426 g/mol. The van der Waals surface area contributed by atoms with Gasteiger partial charge < -0.3 is 20.1 Å². The van der Waals surface area contributed by atoms with Gasteiger partial charge in [0.25, 0.3) is 5.91 Å². The van der Waals surface area contributed by atoms with Gasteiger partial charge in [-0.15, -0.1) is 5.10 Å². The Hall–Kier alpha value is -3.60. The standard InChI is InChI=1S/C19H18N6O4S/c1-25-19(22-23-24-25)30-11-17(26)20-13-4-2-12(3-5-13)18(27)21-14-6-7-15-16(10-14)29-9-8-28-15/h2-7,10H,8-9,11H2,1H3,(H,20,26)(H,21,27). The van der Waals surface area contributed by atoms with Gasteiger partial charge in [-0.25, -0.2) is 4.68 Å². The van der Waals surface area contributed by atoms with Gasteiger partial charge in [0.15, 0.2) is 11.5 Å². The van der Waals surface area contributed by atoms with Crippen molar-refractivity contribution in [2.24, 2.45) is 7.05 Å². The minimum Gasteiger partial charge on any atom is -0.486 e. The van der Waals surface area contributed by atoms with Crippen LogP contribution >= 0.6 is 11.8 Å². The van der Waals surface area contributed by atoms with Crippen LogP contribution in [0, 0.1) is 0 Å². The van der Waals surface area contributed by atoms with Crippen LogP contribution in [0.15, 0.2) is 47.6 Å². The van der Waals surface area contributed by atoms with Gasteiger partial charge in [-0.3, -0.25) is 9.59 Å². The molecule has 0 radical (unpaired) electrons. The normalized spacial score (nSPS) is 12.3. The topological polar surface area (TPSA) is 120 Å². The van der Waals surface area contributed by atoms with E-state index in [0.717, 1.165) is 0 Å². The summed E-state index contributed by atoms with van der Waals surface area (Å²) in [6, 6.07) is 11.9. The summed E-state index contributed by atoms with van der Waals surface area (Å²) < 4.78 is 12.5. The summed E-state index contributed by atoms with van der Waals surface area (Å²) in [6.45, 7) is 0.989. The molecule has 30 heavy (non-hydrogen) atoms. The number of carbonyl (C=O) groups is 2. The van der Waals surface area contributed by atoms with E-state index >= 15 is 0 Å². The maximum atomic E-state index is 12.5. The van der Waals surface area contributed by atoms with Crippen LogP contribution in [0.4, 0.5) is 11.4 Å². The first-order valence-corrected chi connectivity index (χ1v) is 10.0. The summed E-state index contributed by atoms with van der Waals surface area (Å²) in [5.41, 5.74) is 1.66. The van der Waals surface area contributed by atoms with Gasteiger partial charge in [0.1, 0.15) is 13.2 Å². The summed E-state index contributed by atoms with van der Waals surface area (Å²) >= 11 is 1.23. The summed E-state index contributed by atoms with van der Waals surface area (Å²) in [6.07, 6.45) is 0. The third-order valence-electron chi connectivity index (χ3n) is 4.14. The Morgan fingerprint density at radius 2 is 1.77 bits per heavy atom. The summed E-state index contributed by atoms with van der Waals surface area (Å²) in [5, 5.41) is 17.2. The number of amides is 2. The third kappa shape index (κ3) is 4.69. The number of hydrogen-bond donors (Lipinski definition) is 2. The highest BCUT2D eigenvalue weighted by molar-refractivity contribution is 7.99. The summed E-state index contributed by atoms with van der Waals surface area (Å²) in [7, 11) is 1.70. The maximum Gasteiger partial charge on any atom is 0.255 e. The zero-order valence-corrected chi connectivity index (χ0v) is 16.8. The second kappa shape index (κ2) is 8.82.